The van der Waals surface area contributed by atoms with E-state index in [1.54, 1.807) is 14.2 Å². The number of Topliss-reactive ketones (excluding diaryl/α,β-unsaturated/α-hetero) is 1. The van der Waals surface area contributed by atoms with Crippen molar-refractivity contribution >= 4 is 23.1 Å². The number of anilines is 2. The van der Waals surface area contributed by atoms with E-state index in [0.29, 0.717) is 42.2 Å². The van der Waals surface area contributed by atoms with E-state index < -0.39 is 0 Å². The van der Waals surface area contributed by atoms with Crippen molar-refractivity contribution in [1.29, 1.82) is 0 Å². The smallest absolute Gasteiger partial charge is 0.259 e. The van der Waals surface area contributed by atoms with Gasteiger partial charge in [-0.15, -0.1) is 0 Å². The Labute approximate surface area is 181 Å². The van der Waals surface area contributed by atoms with Gasteiger partial charge in [-0.1, -0.05) is 6.92 Å². The average molecular weight is 428 g/mol. The van der Waals surface area contributed by atoms with E-state index in [2.05, 4.69) is 15.5 Å². The fourth-order valence-corrected chi connectivity index (χ4v) is 4.47. The lowest BCUT2D eigenvalue weighted by atomic mass is 9.75. The third-order valence-corrected chi connectivity index (χ3v) is 5.97. The van der Waals surface area contributed by atoms with Crippen LogP contribution in [0.25, 0.3) is 0 Å². The van der Waals surface area contributed by atoms with Crippen molar-refractivity contribution in [2.45, 2.75) is 19.8 Å². The van der Waals surface area contributed by atoms with Gasteiger partial charge >= 0.3 is 0 Å². The molecule has 2 aliphatic rings. The number of ketones is 1. The number of carbonyl (C=O) groups is 2. The first-order chi connectivity index (χ1) is 14.9. The minimum absolute atomic E-state index is 0.0966. The van der Waals surface area contributed by atoms with Crippen molar-refractivity contribution < 1.29 is 23.5 Å². The molecule has 0 spiro atoms. The van der Waals surface area contributed by atoms with Crippen LogP contribution in [0.4, 0.5) is 11.4 Å². The highest BCUT2D eigenvalue weighted by atomic mass is 16.5. The molecule has 2 aromatic rings. The number of fused-ring (bicyclic) bond motifs is 1. The number of amides is 1. The summed E-state index contributed by atoms with van der Waals surface area (Å²) in [7, 11) is 3.19. The fraction of sp³-hybridized carbons (Fsp3) is 0.478. The molecule has 0 bridgehead atoms. The molecule has 8 heteroatoms. The van der Waals surface area contributed by atoms with Gasteiger partial charge in [0.05, 0.1) is 30.5 Å². The highest BCUT2D eigenvalue weighted by Crippen LogP contribution is 2.38. The Morgan fingerprint density at radius 2 is 2.03 bits per heavy atom. The quantitative estimate of drug-likeness (QED) is 0.732. The minimum Gasteiger partial charge on any atom is -0.494 e. The number of ether oxygens (including phenoxy) is 2. The summed E-state index contributed by atoms with van der Waals surface area (Å²) in [5, 5.41) is 6.21. The van der Waals surface area contributed by atoms with Gasteiger partial charge in [0.25, 0.3) is 5.91 Å². The zero-order chi connectivity index (χ0) is 22.0. The molecule has 1 aromatic heterocycles. The third-order valence-electron chi connectivity index (χ3n) is 5.97. The molecular formula is C23H29N3O5. The maximum atomic E-state index is 13.0. The normalized spacial score (nSPS) is 21.0. The van der Waals surface area contributed by atoms with Crippen LogP contribution in [0.5, 0.6) is 5.75 Å². The summed E-state index contributed by atoms with van der Waals surface area (Å²) in [5.74, 6) is 0.630. The number of piperazine rings is 1. The lowest BCUT2D eigenvalue weighted by molar-refractivity contribution is 0.0619. The van der Waals surface area contributed by atoms with E-state index in [4.69, 9.17) is 13.9 Å². The van der Waals surface area contributed by atoms with Crippen LogP contribution in [-0.4, -0.2) is 58.7 Å². The Balaban J connectivity index is 1.54. The number of nitrogens with one attached hydrogen (secondary N) is 2. The monoisotopic (exact) mass is 427 g/mol. The van der Waals surface area contributed by atoms with Crippen LogP contribution in [-0.2, 0) is 11.2 Å². The number of hydrogen-bond acceptors (Lipinski definition) is 7. The van der Waals surface area contributed by atoms with E-state index in [1.165, 1.54) is 6.26 Å². The third kappa shape index (κ3) is 4.31. The highest BCUT2D eigenvalue weighted by Gasteiger charge is 2.39. The van der Waals surface area contributed by atoms with E-state index in [-0.39, 0.29) is 22.7 Å². The molecule has 1 saturated heterocycles. The zero-order valence-electron chi connectivity index (χ0n) is 18.2. The molecule has 1 aliphatic carbocycles. The number of hydrogen-bond donors (Lipinski definition) is 2. The Kier molecular flexibility index (Phi) is 6.02. The van der Waals surface area contributed by atoms with Crippen molar-refractivity contribution in [2.24, 2.45) is 5.41 Å². The SMILES string of the molecule is COCC1(C)CC(=O)c2c(C(=O)Nc3ccc(N4CCNCC4)cc3OC)coc2C1. The molecule has 4 rings (SSSR count). The first kappa shape index (κ1) is 21.4. The summed E-state index contributed by atoms with van der Waals surface area (Å²) >= 11 is 0. The molecule has 8 nitrogen and oxygen atoms in total. The van der Waals surface area contributed by atoms with Crippen molar-refractivity contribution in [1.82, 2.24) is 5.32 Å². The van der Waals surface area contributed by atoms with Crippen molar-refractivity contribution in [3.8, 4) is 5.75 Å². The topological polar surface area (TPSA) is 93.0 Å². The summed E-state index contributed by atoms with van der Waals surface area (Å²) in [5.41, 5.74) is 1.90. The van der Waals surface area contributed by atoms with E-state index >= 15 is 0 Å². The molecule has 1 unspecified atom stereocenters. The van der Waals surface area contributed by atoms with Crippen LogP contribution in [0.1, 0.15) is 39.8 Å². The summed E-state index contributed by atoms with van der Waals surface area (Å²) in [6.07, 6.45) is 2.24. The standard InChI is InChI=1S/C23H29N3O5/c1-23(14-29-2)11-18(27)21-16(13-31-20(21)12-23)22(28)25-17-5-4-15(10-19(17)30-3)26-8-6-24-7-9-26/h4-5,10,13,24H,6-9,11-12,14H2,1-3H3,(H,25,28). The second-order valence-electron chi connectivity index (χ2n) is 8.54. The van der Waals surface area contributed by atoms with Crippen molar-refractivity contribution in [3.63, 3.8) is 0 Å². The molecule has 1 fully saturated rings. The van der Waals surface area contributed by atoms with E-state index in [9.17, 15) is 9.59 Å². The summed E-state index contributed by atoms with van der Waals surface area (Å²) in [6, 6.07) is 5.72. The van der Waals surface area contributed by atoms with E-state index in [0.717, 1.165) is 31.9 Å². The number of rotatable bonds is 6. The van der Waals surface area contributed by atoms with E-state index in [1.807, 2.05) is 25.1 Å². The number of carbonyl (C=O) groups excluding carboxylic acids is 2. The molecule has 166 valence electrons. The molecule has 1 aromatic carbocycles. The Bertz CT molecular complexity index is 980. The Morgan fingerprint density at radius 3 is 2.74 bits per heavy atom. The van der Waals surface area contributed by atoms with Gasteiger partial charge in [0.2, 0.25) is 0 Å². The number of methoxy groups -OCH3 is 2. The molecule has 31 heavy (non-hydrogen) atoms. The second kappa shape index (κ2) is 8.72. The first-order valence-corrected chi connectivity index (χ1v) is 10.5. The maximum Gasteiger partial charge on any atom is 0.259 e. The van der Waals surface area contributed by atoms with Crippen molar-refractivity contribution in [3.05, 3.63) is 41.3 Å². The van der Waals surface area contributed by atoms with Crippen LogP contribution in [0.2, 0.25) is 0 Å². The predicted octanol–water partition coefficient (Wildman–Crippen LogP) is 2.73. The molecule has 2 heterocycles. The second-order valence-corrected chi connectivity index (χ2v) is 8.54. The number of benzene rings is 1. The fourth-order valence-electron chi connectivity index (χ4n) is 4.47. The molecule has 0 radical (unpaired) electrons. The predicted molar refractivity (Wildman–Crippen MR) is 117 cm³/mol. The average Bonchev–Trinajstić information content (AvgIpc) is 3.18. The molecule has 2 N–H and O–H groups in total. The lowest BCUT2D eigenvalue weighted by Gasteiger charge is -2.31. The molecule has 1 amide bonds. The largest absolute Gasteiger partial charge is 0.494 e. The molecular weight excluding hydrogens is 398 g/mol. The molecule has 1 aliphatic heterocycles. The van der Waals surface area contributed by atoms with Gasteiger partial charge in [0, 0.05) is 63.3 Å². The van der Waals surface area contributed by atoms with Gasteiger partial charge in [-0.3, -0.25) is 9.59 Å². The zero-order valence-corrected chi connectivity index (χ0v) is 18.2. The Hall–Kier alpha value is -2.84. The van der Waals surface area contributed by atoms with Gasteiger partial charge in [-0.05, 0) is 12.1 Å². The van der Waals surface area contributed by atoms with Gasteiger partial charge in [-0.2, -0.15) is 0 Å². The summed E-state index contributed by atoms with van der Waals surface area (Å²) in [4.78, 5) is 28.1. The number of nitrogens with zero attached hydrogens (tertiary/aromatic N) is 1. The number of furan rings is 1. The van der Waals surface area contributed by atoms with Crippen LogP contribution in [0.15, 0.2) is 28.9 Å². The summed E-state index contributed by atoms with van der Waals surface area (Å²) < 4.78 is 16.4. The van der Waals surface area contributed by atoms with Crippen LogP contribution in [0.3, 0.4) is 0 Å². The van der Waals surface area contributed by atoms with Gasteiger partial charge in [0.15, 0.2) is 5.78 Å². The van der Waals surface area contributed by atoms with Crippen LogP contribution < -0.4 is 20.3 Å². The maximum absolute atomic E-state index is 13.0. The Morgan fingerprint density at radius 1 is 1.26 bits per heavy atom. The summed E-state index contributed by atoms with van der Waals surface area (Å²) in [6.45, 7) is 6.15. The van der Waals surface area contributed by atoms with Crippen molar-refractivity contribution in [2.75, 3.05) is 57.2 Å². The van der Waals surface area contributed by atoms with Gasteiger partial charge in [0.1, 0.15) is 17.8 Å². The minimum atomic E-state index is -0.387. The van der Waals surface area contributed by atoms with Gasteiger partial charge < -0.3 is 29.4 Å². The first-order valence-electron chi connectivity index (χ1n) is 10.5. The lowest BCUT2D eigenvalue weighted by Crippen LogP contribution is -2.43. The molecule has 0 saturated carbocycles. The highest BCUT2D eigenvalue weighted by molar-refractivity contribution is 6.14. The molecule has 1 atom stereocenters. The van der Waals surface area contributed by atoms with Crippen LogP contribution >= 0.6 is 0 Å². The van der Waals surface area contributed by atoms with Crippen LogP contribution in [0, 0.1) is 5.41 Å². The van der Waals surface area contributed by atoms with Gasteiger partial charge in [-0.25, -0.2) is 0 Å².